The largest absolute Gasteiger partial charge is 0.496 e. The number of hydrogen-bond donors (Lipinski definition) is 1. The van der Waals surface area contributed by atoms with E-state index in [1.807, 2.05) is 54.4 Å². The van der Waals surface area contributed by atoms with Crippen LogP contribution in [0.25, 0.3) is 0 Å². The summed E-state index contributed by atoms with van der Waals surface area (Å²) in [6.45, 7) is 0.691. The first-order valence-corrected chi connectivity index (χ1v) is 8.57. The number of carbonyl (C=O) groups excluding carboxylic acids is 1. The topological polar surface area (TPSA) is 41.6 Å². The highest BCUT2D eigenvalue weighted by Gasteiger charge is 2.16. The van der Waals surface area contributed by atoms with Gasteiger partial charge in [-0.15, -0.1) is 0 Å². The van der Waals surface area contributed by atoms with Crippen LogP contribution < -0.4 is 15.0 Å². The van der Waals surface area contributed by atoms with E-state index in [1.165, 1.54) is 25.3 Å². The normalized spacial score (nSPS) is 10.3. The van der Waals surface area contributed by atoms with Crippen LogP contribution in [0.2, 0.25) is 0 Å². The minimum Gasteiger partial charge on any atom is -0.496 e. The molecule has 0 unspecified atom stereocenters. The standard InChI is InChI=1S/C22H21FN2O2/c1-25(15-16-8-4-3-5-9-16)20-11-7-6-10-19(20)24-22(26)18-14-17(23)12-13-21(18)27-2/h3-14H,15H2,1-2H3,(H,24,26). The number of carbonyl (C=O) groups is 1. The van der Waals surface area contributed by atoms with Crippen LogP contribution in [0.3, 0.4) is 0 Å². The van der Waals surface area contributed by atoms with Crippen LogP contribution >= 0.6 is 0 Å². The molecule has 0 heterocycles. The number of anilines is 2. The van der Waals surface area contributed by atoms with E-state index >= 15 is 0 Å². The second-order valence-electron chi connectivity index (χ2n) is 6.16. The van der Waals surface area contributed by atoms with Crippen molar-refractivity contribution in [3.8, 4) is 5.75 Å². The number of nitrogens with one attached hydrogen (secondary N) is 1. The fourth-order valence-corrected chi connectivity index (χ4v) is 2.90. The molecule has 3 aromatic rings. The molecule has 0 aliphatic carbocycles. The van der Waals surface area contributed by atoms with E-state index in [2.05, 4.69) is 17.4 Å². The predicted molar refractivity (Wildman–Crippen MR) is 106 cm³/mol. The van der Waals surface area contributed by atoms with E-state index < -0.39 is 11.7 Å². The number of hydrogen-bond acceptors (Lipinski definition) is 3. The summed E-state index contributed by atoms with van der Waals surface area (Å²) in [5.41, 5.74) is 2.82. The zero-order chi connectivity index (χ0) is 19.2. The van der Waals surface area contributed by atoms with E-state index in [4.69, 9.17) is 4.74 Å². The summed E-state index contributed by atoms with van der Waals surface area (Å²) < 4.78 is 18.8. The van der Waals surface area contributed by atoms with Gasteiger partial charge in [0.1, 0.15) is 11.6 Å². The number of ether oxygens (including phenoxy) is 1. The summed E-state index contributed by atoms with van der Waals surface area (Å²) in [6, 6.07) is 21.4. The molecule has 0 radical (unpaired) electrons. The quantitative estimate of drug-likeness (QED) is 0.688. The van der Waals surface area contributed by atoms with E-state index in [9.17, 15) is 9.18 Å². The average molecular weight is 364 g/mol. The van der Waals surface area contributed by atoms with Gasteiger partial charge in [-0.1, -0.05) is 42.5 Å². The van der Waals surface area contributed by atoms with Gasteiger partial charge in [0.25, 0.3) is 5.91 Å². The lowest BCUT2D eigenvalue weighted by molar-refractivity contribution is 0.102. The summed E-state index contributed by atoms with van der Waals surface area (Å²) >= 11 is 0. The van der Waals surface area contributed by atoms with Gasteiger partial charge in [0.15, 0.2) is 0 Å². The summed E-state index contributed by atoms with van der Waals surface area (Å²) in [4.78, 5) is 14.8. The lowest BCUT2D eigenvalue weighted by Gasteiger charge is -2.23. The van der Waals surface area contributed by atoms with Crippen molar-refractivity contribution in [2.75, 3.05) is 24.4 Å². The Balaban J connectivity index is 1.84. The maximum Gasteiger partial charge on any atom is 0.259 e. The van der Waals surface area contributed by atoms with Crippen LogP contribution in [-0.4, -0.2) is 20.1 Å². The molecule has 5 heteroatoms. The van der Waals surface area contributed by atoms with Crippen LogP contribution in [0.4, 0.5) is 15.8 Å². The fraction of sp³-hybridized carbons (Fsp3) is 0.136. The first kappa shape index (κ1) is 18.5. The third-order valence-electron chi connectivity index (χ3n) is 4.23. The Hall–Kier alpha value is -3.34. The van der Waals surface area contributed by atoms with Gasteiger partial charge in [0.2, 0.25) is 0 Å². The third kappa shape index (κ3) is 4.44. The molecule has 1 N–H and O–H groups in total. The highest BCUT2D eigenvalue weighted by atomic mass is 19.1. The minimum atomic E-state index is -0.490. The van der Waals surface area contributed by atoms with Gasteiger partial charge in [0.05, 0.1) is 24.0 Å². The second-order valence-corrected chi connectivity index (χ2v) is 6.16. The lowest BCUT2D eigenvalue weighted by atomic mass is 10.1. The highest BCUT2D eigenvalue weighted by Crippen LogP contribution is 2.28. The Morgan fingerprint density at radius 1 is 1.04 bits per heavy atom. The van der Waals surface area contributed by atoms with Gasteiger partial charge in [-0.05, 0) is 35.9 Å². The van der Waals surface area contributed by atoms with E-state index in [-0.39, 0.29) is 5.56 Å². The minimum absolute atomic E-state index is 0.151. The van der Waals surface area contributed by atoms with Crippen molar-refractivity contribution in [3.05, 3.63) is 89.7 Å². The Labute approximate surface area is 158 Å². The van der Waals surface area contributed by atoms with Crippen LogP contribution in [0, 0.1) is 5.82 Å². The number of amides is 1. The van der Waals surface area contributed by atoms with Crippen molar-refractivity contribution in [1.82, 2.24) is 0 Å². The molecule has 0 fully saturated rings. The second kappa shape index (κ2) is 8.36. The molecule has 0 aromatic heterocycles. The van der Waals surface area contributed by atoms with E-state index in [1.54, 1.807) is 0 Å². The molecule has 3 rings (SSSR count). The number of benzene rings is 3. The Kier molecular flexibility index (Phi) is 5.71. The van der Waals surface area contributed by atoms with Gasteiger partial charge < -0.3 is 15.0 Å². The molecule has 3 aromatic carbocycles. The van der Waals surface area contributed by atoms with Gasteiger partial charge in [-0.3, -0.25) is 4.79 Å². The van der Waals surface area contributed by atoms with Gasteiger partial charge in [-0.25, -0.2) is 4.39 Å². The molecule has 4 nitrogen and oxygen atoms in total. The molecule has 0 aliphatic rings. The Bertz CT molecular complexity index is 929. The number of para-hydroxylation sites is 2. The van der Waals surface area contributed by atoms with Crippen molar-refractivity contribution in [2.24, 2.45) is 0 Å². The van der Waals surface area contributed by atoms with Crippen LogP contribution in [0.1, 0.15) is 15.9 Å². The molecule has 27 heavy (non-hydrogen) atoms. The smallest absolute Gasteiger partial charge is 0.259 e. The zero-order valence-electron chi connectivity index (χ0n) is 15.3. The van der Waals surface area contributed by atoms with Gasteiger partial charge in [0, 0.05) is 13.6 Å². The highest BCUT2D eigenvalue weighted by molar-refractivity contribution is 6.07. The van der Waals surface area contributed by atoms with Gasteiger partial charge >= 0.3 is 0 Å². The first-order chi connectivity index (χ1) is 13.1. The number of methoxy groups -OCH3 is 1. The average Bonchev–Trinajstić information content (AvgIpc) is 2.69. The maximum absolute atomic E-state index is 13.6. The van der Waals surface area contributed by atoms with Crippen LogP contribution in [-0.2, 0) is 6.54 Å². The van der Waals surface area contributed by atoms with Crippen LogP contribution in [0.5, 0.6) is 5.75 Å². The number of halogens is 1. The van der Waals surface area contributed by atoms with Crippen molar-refractivity contribution in [3.63, 3.8) is 0 Å². The molecular weight excluding hydrogens is 343 g/mol. The summed E-state index contributed by atoms with van der Waals surface area (Å²) in [5.74, 6) is -0.591. The predicted octanol–water partition coefficient (Wildman–Crippen LogP) is 4.72. The van der Waals surface area contributed by atoms with Gasteiger partial charge in [-0.2, -0.15) is 0 Å². The third-order valence-corrected chi connectivity index (χ3v) is 4.23. The van der Waals surface area contributed by atoms with Crippen LogP contribution in [0.15, 0.2) is 72.8 Å². The molecule has 0 saturated carbocycles. The zero-order valence-corrected chi connectivity index (χ0v) is 15.3. The van der Waals surface area contributed by atoms with Crippen molar-refractivity contribution in [2.45, 2.75) is 6.54 Å². The SMILES string of the molecule is COc1ccc(F)cc1C(=O)Nc1ccccc1N(C)Cc1ccccc1. The Morgan fingerprint density at radius 2 is 1.74 bits per heavy atom. The van der Waals surface area contributed by atoms with Crippen molar-refractivity contribution >= 4 is 17.3 Å². The molecule has 0 aliphatic heterocycles. The monoisotopic (exact) mass is 364 g/mol. The van der Waals surface area contributed by atoms with E-state index in [0.717, 1.165) is 11.3 Å². The Morgan fingerprint density at radius 3 is 2.48 bits per heavy atom. The molecule has 0 atom stereocenters. The molecule has 0 bridgehead atoms. The van der Waals surface area contributed by atoms with Crippen molar-refractivity contribution < 1.29 is 13.9 Å². The molecule has 0 spiro atoms. The van der Waals surface area contributed by atoms with Crippen molar-refractivity contribution in [1.29, 1.82) is 0 Å². The number of nitrogens with zero attached hydrogens (tertiary/aromatic N) is 1. The molecule has 1 amide bonds. The maximum atomic E-state index is 13.6. The van der Waals surface area contributed by atoms with E-state index in [0.29, 0.717) is 18.0 Å². The first-order valence-electron chi connectivity index (χ1n) is 8.57. The summed E-state index contributed by atoms with van der Waals surface area (Å²) in [7, 11) is 3.41. The summed E-state index contributed by atoms with van der Waals surface area (Å²) in [6.07, 6.45) is 0. The number of rotatable bonds is 6. The lowest BCUT2D eigenvalue weighted by Crippen LogP contribution is -2.20. The molecular formula is C22H21FN2O2. The fourth-order valence-electron chi connectivity index (χ4n) is 2.90. The summed E-state index contributed by atoms with van der Waals surface area (Å²) in [5, 5.41) is 2.87. The molecule has 138 valence electrons. The molecule has 0 saturated heterocycles.